The summed E-state index contributed by atoms with van der Waals surface area (Å²) in [6, 6.07) is -0.184. The van der Waals surface area contributed by atoms with Crippen LogP contribution in [0.3, 0.4) is 0 Å². The predicted octanol–water partition coefficient (Wildman–Crippen LogP) is 1.77. The first-order chi connectivity index (χ1) is 10.5. The van der Waals surface area contributed by atoms with E-state index in [1.54, 1.807) is 17.2 Å². The molecule has 1 fully saturated rings. The van der Waals surface area contributed by atoms with E-state index >= 15 is 0 Å². The van der Waals surface area contributed by atoms with Crippen LogP contribution >= 0.6 is 11.3 Å². The molecule has 3 heterocycles. The number of nitrogens with zero attached hydrogens (tertiary/aromatic N) is 4. The van der Waals surface area contributed by atoms with E-state index in [1.165, 1.54) is 18.3 Å². The number of likely N-dealkylation sites (tertiary alicyclic amines) is 1. The molecule has 3 rings (SSSR count). The third-order valence-corrected chi connectivity index (χ3v) is 4.12. The standard InChI is InChI=1S/C13H15N5O3S/c1-7(19)14-13-16-9(6-22-13)12(20)18-5-3-4-10(18)11-15-8(2)21-17-11/h6,10H,3-5H2,1-2H3,(H,14,16,19). The van der Waals surface area contributed by atoms with E-state index in [0.717, 1.165) is 12.8 Å². The van der Waals surface area contributed by atoms with Gasteiger partial charge in [0.2, 0.25) is 11.8 Å². The second kappa shape index (κ2) is 5.84. The first-order valence-electron chi connectivity index (χ1n) is 6.89. The fraction of sp³-hybridized carbons (Fsp3) is 0.462. The van der Waals surface area contributed by atoms with Gasteiger partial charge in [-0.05, 0) is 12.8 Å². The summed E-state index contributed by atoms with van der Waals surface area (Å²) in [5, 5.41) is 8.55. The average molecular weight is 321 g/mol. The summed E-state index contributed by atoms with van der Waals surface area (Å²) in [6.45, 7) is 3.75. The summed E-state index contributed by atoms with van der Waals surface area (Å²) in [7, 11) is 0. The van der Waals surface area contributed by atoms with E-state index in [0.29, 0.717) is 29.1 Å². The Morgan fingerprint density at radius 1 is 1.45 bits per heavy atom. The van der Waals surface area contributed by atoms with Crippen molar-refractivity contribution in [3.63, 3.8) is 0 Å². The van der Waals surface area contributed by atoms with Crippen LogP contribution in [0.2, 0.25) is 0 Å². The highest BCUT2D eigenvalue weighted by molar-refractivity contribution is 7.14. The number of amides is 2. The normalized spacial score (nSPS) is 17.7. The van der Waals surface area contributed by atoms with Crippen molar-refractivity contribution >= 4 is 28.3 Å². The number of hydrogen-bond acceptors (Lipinski definition) is 7. The zero-order chi connectivity index (χ0) is 15.7. The van der Waals surface area contributed by atoms with Crippen LogP contribution in [0, 0.1) is 6.92 Å². The van der Waals surface area contributed by atoms with E-state index in [-0.39, 0.29) is 17.9 Å². The molecule has 1 atom stereocenters. The van der Waals surface area contributed by atoms with E-state index in [4.69, 9.17) is 4.52 Å². The average Bonchev–Trinajstić information content (AvgIpc) is 3.16. The number of aryl methyl sites for hydroxylation is 1. The maximum absolute atomic E-state index is 12.6. The predicted molar refractivity (Wildman–Crippen MR) is 78.5 cm³/mol. The first-order valence-corrected chi connectivity index (χ1v) is 7.77. The molecule has 2 amide bonds. The zero-order valence-corrected chi connectivity index (χ0v) is 13.0. The van der Waals surface area contributed by atoms with Crippen LogP contribution in [0.25, 0.3) is 0 Å². The molecule has 0 bridgehead atoms. The highest BCUT2D eigenvalue weighted by Gasteiger charge is 2.34. The molecule has 0 spiro atoms. The topological polar surface area (TPSA) is 101 Å². The van der Waals surface area contributed by atoms with Gasteiger partial charge in [-0.2, -0.15) is 4.98 Å². The van der Waals surface area contributed by atoms with Gasteiger partial charge in [0.1, 0.15) is 5.69 Å². The molecule has 2 aromatic heterocycles. The van der Waals surface area contributed by atoms with Gasteiger partial charge in [0, 0.05) is 25.8 Å². The Morgan fingerprint density at radius 3 is 2.95 bits per heavy atom. The van der Waals surface area contributed by atoms with E-state index in [9.17, 15) is 9.59 Å². The molecule has 22 heavy (non-hydrogen) atoms. The third-order valence-electron chi connectivity index (χ3n) is 3.36. The van der Waals surface area contributed by atoms with E-state index in [1.807, 2.05) is 0 Å². The van der Waals surface area contributed by atoms with Crippen molar-refractivity contribution in [3.8, 4) is 0 Å². The fourth-order valence-corrected chi connectivity index (χ4v) is 3.19. The molecule has 8 nitrogen and oxygen atoms in total. The van der Waals surface area contributed by atoms with Gasteiger partial charge >= 0.3 is 0 Å². The van der Waals surface area contributed by atoms with Gasteiger partial charge in [-0.15, -0.1) is 11.3 Å². The Bertz CT molecular complexity index is 710. The van der Waals surface area contributed by atoms with Crippen LogP contribution < -0.4 is 5.32 Å². The lowest BCUT2D eigenvalue weighted by Gasteiger charge is -2.21. The van der Waals surface area contributed by atoms with Crippen molar-refractivity contribution in [2.75, 3.05) is 11.9 Å². The minimum atomic E-state index is -0.213. The van der Waals surface area contributed by atoms with Crippen LogP contribution in [0.15, 0.2) is 9.90 Å². The van der Waals surface area contributed by atoms with Crippen molar-refractivity contribution in [2.24, 2.45) is 0 Å². The molecule has 116 valence electrons. The number of nitrogens with one attached hydrogen (secondary N) is 1. The number of carbonyl (C=O) groups is 2. The summed E-state index contributed by atoms with van der Waals surface area (Å²) in [4.78, 5) is 33.7. The smallest absolute Gasteiger partial charge is 0.274 e. The van der Waals surface area contributed by atoms with Crippen molar-refractivity contribution < 1.29 is 14.1 Å². The molecule has 0 saturated carbocycles. The van der Waals surface area contributed by atoms with E-state index < -0.39 is 0 Å². The van der Waals surface area contributed by atoms with Crippen LogP contribution in [0.5, 0.6) is 0 Å². The van der Waals surface area contributed by atoms with E-state index in [2.05, 4.69) is 20.4 Å². The molecule has 0 aliphatic carbocycles. The number of aromatic nitrogens is 3. The molecule has 0 aromatic carbocycles. The Kier molecular flexibility index (Phi) is 3.88. The van der Waals surface area contributed by atoms with Gasteiger partial charge in [0.25, 0.3) is 5.91 Å². The van der Waals surface area contributed by atoms with Crippen LogP contribution in [0.4, 0.5) is 5.13 Å². The largest absolute Gasteiger partial charge is 0.340 e. The minimum Gasteiger partial charge on any atom is -0.340 e. The van der Waals surface area contributed by atoms with Gasteiger partial charge < -0.3 is 14.7 Å². The molecule has 1 saturated heterocycles. The fourth-order valence-electron chi connectivity index (χ4n) is 2.46. The molecule has 2 aromatic rings. The second-order valence-electron chi connectivity index (χ2n) is 5.05. The Labute approximate surface area is 130 Å². The van der Waals surface area contributed by atoms with Gasteiger partial charge in [0.15, 0.2) is 11.0 Å². The molecule has 9 heteroatoms. The van der Waals surface area contributed by atoms with Gasteiger partial charge in [-0.1, -0.05) is 5.16 Å². The molecule has 0 radical (unpaired) electrons. The summed E-state index contributed by atoms with van der Waals surface area (Å²) in [5.41, 5.74) is 0.320. The SMILES string of the molecule is CC(=O)Nc1nc(C(=O)N2CCCC2c2noc(C)n2)cs1. The second-order valence-corrected chi connectivity index (χ2v) is 5.91. The Balaban J connectivity index is 1.78. The van der Waals surface area contributed by atoms with Crippen LogP contribution in [-0.2, 0) is 4.79 Å². The van der Waals surface area contributed by atoms with Crippen molar-refractivity contribution in [1.29, 1.82) is 0 Å². The highest BCUT2D eigenvalue weighted by Crippen LogP contribution is 2.32. The lowest BCUT2D eigenvalue weighted by Crippen LogP contribution is -2.31. The highest BCUT2D eigenvalue weighted by atomic mass is 32.1. The molecule has 1 unspecified atom stereocenters. The quantitative estimate of drug-likeness (QED) is 0.924. The Morgan fingerprint density at radius 2 is 2.27 bits per heavy atom. The lowest BCUT2D eigenvalue weighted by molar-refractivity contribution is -0.114. The molecule has 1 aliphatic rings. The number of thiazole rings is 1. The molecular weight excluding hydrogens is 306 g/mol. The molecule has 1 aliphatic heterocycles. The minimum absolute atomic E-state index is 0.183. The molecular formula is C13H15N5O3S. The number of carbonyl (C=O) groups excluding carboxylic acids is 2. The van der Waals surface area contributed by atoms with Crippen molar-refractivity contribution in [1.82, 2.24) is 20.0 Å². The summed E-state index contributed by atoms with van der Waals surface area (Å²) < 4.78 is 5.00. The molecule has 1 N–H and O–H groups in total. The van der Waals surface area contributed by atoms with Gasteiger partial charge in [-0.25, -0.2) is 4.98 Å². The number of rotatable bonds is 3. The zero-order valence-electron chi connectivity index (χ0n) is 12.2. The third kappa shape index (κ3) is 2.84. The van der Waals surface area contributed by atoms with Crippen molar-refractivity contribution in [2.45, 2.75) is 32.7 Å². The maximum atomic E-state index is 12.6. The van der Waals surface area contributed by atoms with Gasteiger partial charge in [0.05, 0.1) is 6.04 Å². The maximum Gasteiger partial charge on any atom is 0.274 e. The number of hydrogen-bond donors (Lipinski definition) is 1. The summed E-state index contributed by atoms with van der Waals surface area (Å²) >= 11 is 1.23. The summed E-state index contributed by atoms with van der Waals surface area (Å²) in [6.07, 6.45) is 1.68. The summed E-state index contributed by atoms with van der Waals surface area (Å²) in [5.74, 6) is 0.615. The van der Waals surface area contributed by atoms with Gasteiger partial charge in [-0.3, -0.25) is 9.59 Å². The van der Waals surface area contributed by atoms with Crippen LogP contribution in [-0.4, -0.2) is 38.4 Å². The monoisotopic (exact) mass is 321 g/mol. The van der Waals surface area contributed by atoms with Crippen LogP contribution in [0.1, 0.15) is 48.0 Å². The van der Waals surface area contributed by atoms with Crippen molar-refractivity contribution in [3.05, 3.63) is 22.8 Å². The first kappa shape index (κ1) is 14.6. The lowest BCUT2D eigenvalue weighted by atomic mass is 10.2. The Hall–Kier alpha value is -2.29. The number of anilines is 1.